The van der Waals surface area contributed by atoms with E-state index in [0.717, 1.165) is 16.7 Å². The molecule has 0 aliphatic rings. The van der Waals surface area contributed by atoms with Gasteiger partial charge in [-0.25, -0.2) is 8.42 Å². The van der Waals surface area contributed by atoms with Gasteiger partial charge in [0, 0.05) is 25.5 Å². The highest BCUT2D eigenvalue weighted by molar-refractivity contribution is 7.89. The minimum Gasteiger partial charge on any atom is -0.264 e. The molecule has 0 aliphatic heterocycles. The van der Waals surface area contributed by atoms with E-state index in [9.17, 15) is 8.42 Å². The molecule has 6 heteroatoms. The number of aromatic nitrogens is 1. The fourth-order valence-electron chi connectivity index (χ4n) is 2.69. The van der Waals surface area contributed by atoms with Crippen LogP contribution in [0.2, 0.25) is 5.02 Å². The van der Waals surface area contributed by atoms with Gasteiger partial charge in [0.15, 0.2) is 0 Å². The van der Waals surface area contributed by atoms with Gasteiger partial charge >= 0.3 is 0 Å². The first-order valence-electron chi connectivity index (χ1n) is 8.16. The molecule has 26 heavy (non-hydrogen) atoms. The van der Waals surface area contributed by atoms with Crippen LogP contribution in [0.1, 0.15) is 16.7 Å². The number of benzene rings is 2. The quantitative estimate of drug-likeness (QED) is 0.629. The number of pyridine rings is 1. The van der Waals surface area contributed by atoms with Gasteiger partial charge in [-0.2, -0.15) is 4.31 Å². The zero-order valence-electron chi connectivity index (χ0n) is 14.3. The fourth-order valence-corrected chi connectivity index (χ4v) is 4.59. The Hall–Kier alpha value is -2.21. The molecule has 1 aromatic heterocycles. The maximum absolute atomic E-state index is 13.3. The number of aryl methyl sites for hydroxylation is 1. The largest absolute Gasteiger partial charge is 0.264 e. The van der Waals surface area contributed by atoms with E-state index in [2.05, 4.69) is 4.98 Å². The van der Waals surface area contributed by atoms with Crippen LogP contribution in [0.25, 0.3) is 0 Å². The Morgan fingerprint density at radius 2 is 1.69 bits per heavy atom. The van der Waals surface area contributed by atoms with Gasteiger partial charge in [0.1, 0.15) is 4.90 Å². The van der Waals surface area contributed by atoms with E-state index >= 15 is 0 Å². The van der Waals surface area contributed by atoms with Crippen molar-refractivity contribution in [1.82, 2.24) is 9.29 Å². The summed E-state index contributed by atoms with van der Waals surface area (Å²) in [5.41, 5.74) is 2.81. The summed E-state index contributed by atoms with van der Waals surface area (Å²) in [7, 11) is -3.77. The van der Waals surface area contributed by atoms with Crippen molar-refractivity contribution >= 4 is 21.6 Å². The standard InChI is InChI=1S/C20H19ClN2O2S/c1-16-7-2-3-9-18(16)15-23(14-17-8-6-12-22-13-17)26(24,25)20-11-5-4-10-19(20)21/h2-13H,14-15H2,1H3. The second-order valence-electron chi connectivity index (χ2n) is 5.99. The van der Waals surface area contributed by atoms with Gasteiger partial charge in [-0.15, -0.1) is 0 Å². The first kappa shape index (κ1) is 18.6. The van der Waals surface area contributed by atoms with Crippen molar-refractivity contribution in [2.75, 3.05) is 0 Å². The molecule has 0 aliphatic carbocycles. The van der Waals surface area contributed by atoms with Crippen molar-refractivity contribution in [1.29, 1.82) is 0 Å². The second kappa shape index (κ2) is 7.99. The summed E-state index contributed by atoms with van der Waals surface area (Å²) in [4.78, 5) is 4.20. The van der Waals surface area contributed by atoms with Crippen LogP contribution in [0.4, 0.5) is 0 Å². The maximum atomic E-state index is 13.3. The highest BCUT2D eigenvalue weighted by atomic mass is 35.5. The summed E-state index contributed by atoms with van der Waals surface area (Å²) in [6.45, 7) is 2.45. The highest BCUT2D eigenvalue weighted by Gasteiger charge is 2.27. The molecule has 0 bridgehead atoms. The van der Waals surface area contributed by atoms with E-state index in [4.69, 9.17) is 11.6 Å². The van der Waals surface area contributed by atoms with Crippen molar-refractivity contribution in [3.05, 3.63) is 94.8 Å². The molecule has 0 spiro atoms. The number of hydrogen-bond acceptors (Lipinski definition) is 3. The van der Waals surface area contributed by atoms with Crippen molar-refractivity contribution in [2.24, 2.45) is 0 Å². The molecule has 4 nitrogen and oxygen atoms in total. The smallest absolute Gasteiger partial charge is 0.245 e. The lowest BCUT2D eigenvalue weighted by Crippen LogP contribution is -2.30. The molecular formula is C20H19ClN2O2S. The zero-order valence-corrected chi connectivity index (χ0v) is 15.9. The summed E-state index contributed by atoms with van der Waals surface area (Å²) in [5.74, 6) is 0. The average Bonchev–Trinajstić information content (AvgIpc) is 2.64. The lowest BCUT2D eigenvalue weighted by Gasteiger charge is -2.23. The van der Waals surface area contributed by atoms with Gasteiger partial charge in [-0.3, -0.25) is 4.98 Å². The molecule has 1 heterocycles. The van der Waals surface area contributed by atoms with Gasteiger partial charge in [0.05, 0.1) is 5.02 Å². The topological polar surface area (TPSA) is 50.3 Å². The summed E-state index contributed by atoms with van der Waals surface area (Å²) in [6, 6.07) is 17.9. The van der Waals surface area contributed by atoms with E-state index in [-0.39, 0.29) is 23.0 Å². The third-order valence-electron chi connectivity index (χ3n) is 4.14. The average molecular weight is 387 g/mol. The van der Waals surface area contributed by atoms with Crippen LogP contribution < -0.4 is 0 Å². The van der Waals surface area contributed by atoms with Crippen LogP contribution in [0, 0.1) is 6.92 Å². The van der Waals surface area contributed by atoms with Crippen molar-refractivity contribution < 1.29 is 8.42 Å². The van der Waals surface area contributed by atoms with E-state index < -0.39 is 10.0 Å². The maximum Gasteiger partial charge on any atom is 0.245 e. The Morgan fingerprint density at radius 1 is 0.962 bits per heavy atom. The summed E-state index contributed by atoms with van der Waals surface area (Å²) >= 11 is 6.17. The predicted octanol–water partition coefficient (Wildman–Crippen LogP) is 4.43. The molecule has 2 aromatic carbocycles. The van der Waals surface area contributed by atoms with Crippen LogP contribution in [0.3, 0.4) is 0 Å². The molecule has 0 saturated carbocycles. The van der Waals surface area contributed by atoms with Crippen molar-refractivity contribution in [2.45, 2.75) is 24.9 Å². The van der Waals surface area contributed by atoms with E-state index in [1.54, 1.807) is 36.7 Å². The minimum atomic E-state index is -3.77. The normalized spacial score (nSPS) is 11.7. The van der Waals surface area contributed by atoms with Gasteiger partial charge in [-0.1, -0.05) is 54.1 Å². The summed E-state index contributed by atoms with van der Waals surface area (Å²) in [5, 5.41) is 0.216. The van der Waals surface area contributed by atoms with E-state index in [0.29, 0.717) is 0 Å². The van der Waals surface area contributed by atoms with E-state index in [1.165, 1.54) is 10.4 Å². The second-order valence-corrected chi connectivity index (χ2v) is 8.30. The van der Waals surface area contributed by atoms with Gasteiger partial charge < -0.3 is 0 Å². The molecule has 0 saturated heterocycles. The predicted molar refractivity (Wildman–Crippen MR) is 103 cm³/mol. The number of rotatable bonds is 6. The molecule has 0 fully saturated rings. The SMILES string of the molecule is Cc1ccccc1CN(Cc1cccnc1)S(=O)(=O)c1ccccc1Cl. The van der Waals surface area contributed by atoms with Crippen LogP contribution in [0.5, 0.6) is 0 Å². The molecule has 0 atom stereocenters. The number of nitrogens with zero attached hydrogens (tertiary/aromatic N) is 2. The molecular weight excluding hydrogens is 368 g/mol. The highest BCUT2D eigenvalue weighted by Crippen LogP contribution is 2.27. The third-order valence-corrected chi connectivity index (χ3v) is 6.44. The lowest BCUT2D eigenvalue weighted by atomic mass is 10.1. The van der Waals surface area contributed by atoms with E-state index in [1.807, 2.05) is 37.3 Å². The number of sulfonamides is 1. The third kappa shape index (κ3) is 4.12. The monoisotopic (exact) mass is 386 g/mol. The molecule has 134 valence electrons. The Bertz CT molecular complexity index is 991. The van der Waals surface area contributed by atoms with Gasteiger partial charge in [0.25, 0.3) is 0 Å². The zero-order chi connectivity index (χ0) is 18.6. The Balaban J connectivity index is 2.02. The van der Waals surface area contributed by atoms with Crippen molar-refractivity contribution in [3.63, 3.8) is 0 Å². The first-order chi connectivity index (χ1) is 12.5. The van der Waals surface area contributed by atoms with Gasteiger partial charge in [0.2, 0.25) is 10.0 Å². The first-order valence-corrected chi connectivity index (χ1v) is 9.98. The van der Waals surface area contributed by atoms with Gasteiger partial charge in [-0.05, 0) is 41.8 Å². The Morgan fingerprint density at radius 3 is 2.38 bits per heavy atom. The summed E-state index contributed by atoms with van der Waals surface area (Å²) in [6.07, 6.45) is 3.34. The number of hydrogen-bond donors (Lipinski definition) is 0. The van der Waals surface area contributed by atoms with Crippen LogP contribution in [-0.4, -0.2) is 17.7 Å². The van der Waals surface area contributed by atoms with Crippen LogP contribution in [0.15, 0.2) is 78.0 Å². The Labute approximate surface area is 159 Å². The molecule has 3 rings (SSSR count). The molecule has 0 N–H and O–H groups in total. The van der Waals surface area contributed by atoms with Crippen LogP contribution in [-0.2, 0) is 23.1 Å². The number of halogens is 1. The molecule has 0 unspecified atom stereocenters. The lowest BCUT2D eigenvalue weighted by molar-refractivity contribution is 0.400. The van der Waals surface area contributed by atoms with Crippen molar-refractivity contribution in [3.8, 4) is 0 Å². The fraction of sp³-hybridized carbons (Fsp3) is 0.150. The summed E-state index contributed by atoms with van der Waals surface area (Å²) < 4.78 is 28.0. The molecule has 0 amide bonds. The minimum absolute atomic E-state index is 0.110. The van der Waals surface area contributed by atoms with Crippen LogP contribution >= 0.6 is 11.6 Å². The molecule has 3 aromatic rings. The molecule has 0 radical (unpaired) electrons. The Kier molecular flexibility index (Phi) is 5.71.